The Kier molecular flexibility index (Phi) is 6.34. The van der Waals surface area contributed by atoms with Gasteiger partial charge in [0, 0.05) is 51.2 Å². The predicted molar refractivity (Wildman–Crippen MR) is 136 cm³/mol. The first kappa shape index (κ1) is 24.5. The fourth-order valence-electron chi connectivity index (χ4n) is 4.95. The van der Waals surface area contributed by atoms with Crippen LogP contribution in [0.3, 0.4) is 0 Å². The number of hydrogen-bond acceptors (Lipinski definition) is 5. The third kappa shape index (κ3) is 4.93. The van der Waals surface area contributed by atoms with Gasteiger partial charge < -0.3 is 14.6 Å². The van der Waals surface area contributed by atoms with Gasteiger partial charge in [-0.2, -0.15) is 12.7 Å². The fourth-order valence-corrected chi connectivity index (χ4v) is 6.41. The first-order valence-corrected chi connectivity index (χ1v) is 14.1. The first-order valence-electron chi connectivity index (χ1n) is 12.7. The molecule has 2 saturated heterocycles. The standard InChI is InChI=1S/C25H37N5O4S/c1-25(2,3)24-27-21-13-20(7-8-22(21)30(24)14-17-9-11-34-12-10-17)28(4)35(32,33)29-15-19(16-29)26-23(31)18-5-6-18/h7-8,13,17-19H,5-6,9-12,14-16H2,1-4H3,(H,26,31). The lowest BCUT2D eigenvalue weighted by Crippen LogP contribution is -2.63. The van der Waals surface area contributed by atoms with Gasteiger partial charge in [0.1, 0.15) is 5.82 Å². The van der Waals surface area contributed by atoms with Crippen LogP contribution >= 0.6 is 0 Å². The van der Waals surface area contributed by atoms with E-state index in [-0.39, 0.29) is 23.3 Å². The molecule has 0 bridgehead atoms. The second-order valence-electron chi connectivity index (χ2n) is 11.3. The minimum Gasteiger partial charge on any atom is -0.381 e. The predicted octanol–water partition coefficient (Wildman–Crippen LogP) is 2.65. The van der Waals surface area contributed by atoms with Crippen molar-refractivity contribution >= 4 is 32.8 Å². The van der Waals surface area contributed by atoms with E-state index in [1.807, 2.05) is 18.2 Å². The lowest BCUT2D eigenvalue weighted by molar-refractivity contribution is -0.123. The maximum atomic E-state index is 13.2. The molecule has 5 rings (SSSR count). The van der Waals surface area contributed by atoms with Crippen molar-refractivity contribution in [2.75, 3.05) is 37.7 Å². The molecule has 1 aromatic carbocycles. The van der Waals surface area contributed by atoms with Crippen LogP contribution in [0.2, 0.25) is 0 Å². The molecule has 3 fully saturated rings. The smallest absolute Gasteiger partial charge is 0.303 e. The van der Waals surface area contributed by atoms with Gasteiger partial charge in [0.05, 0.1) is 22.8 Å². The summed E-state index contributed by atoms with van der Waals surface area (Å²) in [6.45, 7) is 9.59. The number of imidazole rings is 1. The number of ether oxygens (including phenoxy) is 1. The number of aromatic nitrogens is 2. The van der Waals surface area contributed by atoms with Crippen LogP contribution in [-0.2, 0) is 31.7 Å². The van der Waals surface area contributed by atoms with Gasteiger partial charge in [0.2, 0.25) is 5.91 Å². The van der Waals surface area contributed by atoms with E-state index in [4.69, 9.17) is 9.72 Å². The Morgan fingerprint density at radius 3 is 2.49 bits per heavy atom. The van der Waals surface area contributed by atoms with Crippen molar-refractivity contribution in [2.45, 2.75) is 64.5 Å². The van der Waals surface area contributed by atoms with Crippen LogP contribution in [0.5, 0.6) is 0 Å². The molecule has 1 aliphatic carbocycles. The molecular weight excluding hydrogens is 466 g/mol. The SMILES string of the molecule is CN(c1ccc2c(c1)nc(C(C)(C)C)n2CC1CCOCC1)S(=O)(=O)N1CC(NC(=O)C2CC2)C1. The Hall–Kier alpha value is -2.17. The Balaban J connectivity index is 1.35. The summed E-state index contributed by atoms with van der Waals surface area (Å²) >= 11 is 0. The summed E-state index contributed by atoms with van der Waals surface area (Å²) in [6, 6.07) is 5.62. The van der Waals surface area contributed by atoms with Crippen molar-refractivity contribution in [2.24, 2.45) is 11.8 Å². The zero-order valence-corrected chi connectivity index (χ0v) is 22.0. The maximum absolute atomic E-state index is 13.2. The summed E-state index contributed by atoms with van der Waals surface area (Å²) in [6.07, 6.45) is 3.96. The Morgan fingerprint density at radius 1 is 1.17 bits per heavy atom. The lowest BCUT2D eigenvalue weighted by atomic mass is 9.94. The average Bonchev–Trinajstić information content (AvgIpc) is 3.57. The van der Waals surface area contributed by atoms with Crippen molar-refractivity contribution in [1.29, 1.82) is 0 Å². The molecule has 0 radical (unpaired) electrons. The van der Waals surface area contributed by atoms with Gasteiger partial charge in [-0.1, -0.05) is 20.8 Å². The number of nitrogens with zero attached hydrogens (tertiary/aromatic N) is 4. The normalized spacial score (nSPS) is 20.7. The van der Waals surface area contributed by atoms with Crippen LogP contribution < -0.4 is 9.62 Å². The van der Waals surface area contributed by atoms with E-state index in [1.54, 1.807) is 7.05 Å². The quantitative estimate of drug-likeness (QED) is 0.627. The number of carbonyl (C=O) groups is 1. The Morgan fingerprint density at radius 2 is 1.86 bits per heavy atom. The van der Waals surface area contributed by atoms with Crippen molar-refractivity contribution in [3.63, 3.8) is 0 Å². The highest BCUT2D eigenvalue weighted by atomic mass is 32.2. The summed E-state index contributed by atoms with van der Waals surface area (Å²) in [5.74, 6) is 1.74. The highest BCUT2D eigenvalue weighted by Crippen LogP contribution is 2.33. The number of anilines is 1. The summed E-state index contributed by atoms with van der Waals surface area (Å²) in [5, 5.41) is 2.96. The minimum absolute atomic E-state index is 0.0526. The van der Waals surface area contributed by atoms with Gasteiger partial charge in [-0.05, 0) is 49.8 Å². The van der Waals surface area contributed by atoms with Gasteiger partial charge >= 0.3 is 10.2 Å². The average molecular weight is 504 g/mol. The molecule has 3 aliphatic rings. The molecule has 0 unspecified atom stereocenters. The summed E-state index contributed by atoms with van der Waals surface area (Å²) < 4.78 is 37.0. The largest absolute Gasteiger partial charge is 0.381 e. The van der Waals surface area contributed by atoms with E-state index >= 15 is 0 Å². The lowest BCUT2D eigenvalue weighted by Gasteiger charge is -2.40. The number of amides is 1. The van der Waals surface area contributed by atoms with Gasteiger partial charge in [-0.25, -0.2) is 4.98 Å². The van der Waals surface area contributed by atoms with E-state index < -0.39 is 10.2 Å². The second-order valence-corrected chi connectivity index (χ2v) is 13.3. The highest BCUT2D eigenvalue weighted by molar-refractivity contribution is 7.90. The van der Waals surface area contributed by atoms with Crippen LogP contribution in [0, 0.1) is 11.8 Å². The number of benzene rings is 1. The number of nitrogens with one attached hydrogen (secondary N) is 1. The summed E-state index contributed by atoms with van der Waals surface area (Å²) in [7, 11) is -2.11. The van der Waals surface area contributed by atoms with Crippen LogP contribution in [-0.4, -0.2) is 67.6 Å². The molecule has 3 heterocycles. The molecule has 0 atom stereocenters. The molecule has 35 heavy (non-hydrogen) atoms. The van der Waals surface area contributed by atoms with Gasteiger partial charge in [0.25, 0.3) is 0 Å². The van der Waals surface area contributed by atoms with Crippen molar-refractivity contribution in [3.8, 4) is 0 Å². The number of carbonyl (C=O) groups excluding carboxylic acids is 1. The summed E-state index contributed by atoms with van der Waals surface area (Å²) in [4.78, 5) is 16.9. The fraction of sp³-hybridized carbons (Fsp3) is 0.680. The topological polar surface area (TPSA) is 96.8 Å². The third-order valence-corrected chi connectivity index (χ3v) is 9.22. The van der Waals surface area contributed by atoms with Crippen LogP contribution in [0.4, 0.5) is 5.69 Å². The maximum Gasteiger partial charge on any atom is 0.303 e. The van der Waals surface area contributed by atoms with E-state index in [1.165, 1.54) is 8.61 Å². The van der Waals surface area contributed by atoms with E-state index in [0.717, 1.165) is 62.3 Å². The molecule has 1 amide bonds. The molecule has 2 aromatic rings. The van der Waals surface area contributed by atoms with Crippen molar-refractivity contribution in [3.05, 3.63) is 24.0 Å². The molecular formula is C25H37N5O4S. The number of fused-ring (bicyclic) bond motifs is 1. The molecule has 1 aromatic heterocycles. The Labute approximate surface area is 208 Å². The zero-order valence-electron chi connectivity index (χ0n) is 21.2. The van der Waals surface area contributed by atoms with Gasteiger partial charge in [-0.15, -0.1) is 0 Å². The highest BCUT2D eigenvalue weighted by Gasteiger charge is 2.41. The molecule has 1 N–H and O–H groups in total. The summed E-state index contributed by atoms with van der Waals surface area (Å²) in [5.41, 5.74) is 2.28. The molecule has 10 heteroatoms. The minimum atomic E-state index is -3.68. The monoisotopic (exact) mass is 503 g/mol. The second kappa shape index (κ2) is 9.05. The third-order valence-electron chi connectivity index (χ3n) is 7.36. The molecule has 9 nitrogen and oxygen atoms in total. The number of hydrogen-bond donors (Lipinski definition) is 1. The van der Waals surface area contributed by atoms with E-state index in [9.17, 15) is 13.2 Å². The van der Waals surface area contributed by atoms with Crippen LogP contribution in [0.15, 0.2) is 18.2 Å². The number of rotatable bonds is 7. The zero-order chi connectivity index (χ0) is 25.0. The molecule has 192 valence electrons. The van der Waals surface area contributed by atoms with Crippen LogP contribution in [0.1, 0.15) is 52.3 Å². The molecule has 1 saturated carbocycles. The van der Waals surface area contributed by atoms with E-state index in [2.05, 4.69) is 30.7 Å². The molecule has 2 aliphatic heterocycles. The first-order chi connectivity index (χ1) is 16.5. The van der Waals surface area contributed by atoms with E-state index in [0.29, 0.717) is 24.7 Å². The van der Waals surface area contributed by atoms with Crippen LogP contribution in [0.25, 0.3) is 11.0 Å². The van der Waals surface area contributed by atoms with Crippen molar-refractivity contribution in [1.82, 2.24) is 19.2 Å². The Bertz CT molecular complexity index is 1200. The van der Waals surface area contributed by atoms with Gasteiger partial charge in [0.15, 0.2) is 0 Å². The molecule has 0 spiro atoms. The van der Waals surface area contributed by atoms with Gasteiger partial charge in [-0.3, -0.25) is 9.10 Å². The van der Waals surface area contributed by atoms with Crippen molar-refractivity contribution < 1.29 is 17.9 Å².